The number of alkyl halides is 3. The number of aryl methyl sites for hydroxylation is 1. The van der Waals surface area contributed by atoms with E-state index in [9.17, 15) is 18.0 Å². The van der Waals surface area contributed by atoms with Gasteiger partial charge in [0.1, 0.15) is 0 Å². The molecule has 1 aromatic carbocycles. The van der Waals surface area contributed by atoms with Crippen LogP contribution in [0.3, 0.4) is 0 Å². The van der Waals surface area contributed by atoms with Gasteiger partial charge in [0, 0.05) is 12.2 Å². The van der Waals surface area contributed by atoms with Crippen molar-refractivity contribution in [3.63, 3.8) is 0 Å². The molecule has 0 radical (unpaired) electrons. The molecule has 0 bridgehead atoms. The molecule has 0 aromatic heterocycles. The van der Waals surface area contributed by atoms with Gasteiger partial charge >= 0.3 is 6.18 Å². The maximum absolute atomic E-state index is 12.9. The molecule has 1 unspecified atom stereocenters. The molecule has 2 rings (SSSR count). The summed E-state index contributed by atoms with van der Waals surface area (Å²) in [5, 5.41) is 3.12. The molecular formula is C15H19F3N2O. The highest BCUT2D eigenvalue weighted by atomic mass is 19.4. The van der Waals surface area contributed by atoms with Crippen molar-refractivity contribution in [3.05, 3.63) is 29.3 Å². The average molecular weight is 300 g/mol. The second-order valence-corrected chi connectivity index (χ2v) is 5.28. The second kappa shape index (κ2) is 6.05. The lowest BCUT2D eigenvalue weighted by Crippen LogP contribution is -2.38. The van der Waals surface area contributed by atoms with Gasteiger partial charge in [-0.1, -0.05) is 13.0 Å². The van der Waals surface area contributed by atoms with E-state index >= 15 is 0 Å². The summed E-state index contributed by atoms with van der Waals surface area (Å²) in [7, 11) is 0. The minimum atomic E-state index is -4.40. The Morgan fingerprint density at radius 2 is 2.10 bits per heavy atom. The van der Waals surface area contributed by atoms with Gasteiger partial charge in [-0.05, 0) is 44.0 Å². The van der Waals surface area contributed by atoms with Crippen LogP contribution in [0.15, 0.2) is 18.2 Å². The molecular weight excluding hydrogens is 281 g/mol. The molecule has 1 fully saturated rings. The zero-order valence-electron chi connectivity index (χ0n) is 12.1. The molecule has 21 heavy (non-hydrogen) atoms. The quantitative estimate of drug-likeness (QED) is 0.926. The lowest BCUT2D eigenvalue weighted by atomic mass is 10.1. The summed E-state index contributed by atoms with van der Waals surface area (Å²) in [4.78, 5) is 13.7. The number of carbonyl (C=O) groups is 1. The van der Waals surface area contributed by atoms with Gasteiger partial charge in [-0.2, -0.15) is 13.2 Å². The molecule has 1 aliphatic heterocycles. The van der Waals surface area contributed by atoms with E-state index in [-0.39, 0.29) is 17.5 Å². The topological polar surface area (TPSA) is 32.3 Å². The van der Waals surface area contributed by atoms with Crippen LogP contribution in [0.4, 0.5) is 18.9 Å². The van der Waals surface area contributed by atoms with Crippen molar-refractivity contribution in [1.29, 1.82) is 0 Å². The number of benzene rings is 1. The van der Waals surface area contributed by atoms with E-state index in [0.29, 0.717) is 18.7 Å². The average Bonchev–Trinajstić information content (AvgIpc) is 2.77. The van der Waals surface area contributed by atoms with Crippen molar-refractivity contribution in [2.75, 3.05) is 18.0 Å². The number of hydrogen-bond donors (Lipinski definition) is 1. The lowest BCUT2D eigenvalue weighted by molar-refractivity contribution is -0.138. The minimum absolute atomic E-state index is 0.152. The van der Waals surface area contributed by atoms with Gasteiger partial charge in [-0.3, -0.25) is 4.79 Å². The first-order valence-electron chi connectivity index (χ1n) is 7.07. The summed E-state index contributed by atoms with van der Waals surface area (Å²) in [6.07, 6.45) is -2.87. The number of nitrogens with one attached hydrogen (secondary N) is 1. The third-order valence-corrected chi connectivity index (χ3v) is 3.68. The smallest absolute Gasteiger partial charge is 0.311 e. The molecule has 0 aliphatic carbocycles. The summed E-state index contributed by atoms with van der Waals surface area (Å²) in [5.41, 5.74) is -0.199. The fraction of sp³-hybridized carbons (Fsp3) is 0.533. The molecule has 1 N–H and O–H groups in total. The Kier molecular flexibility index (Phi) is 4.56. The maximum Gasteiger partial charge on any atom is 0.416 e. The first kappa shape index (κ1) is 15.8. The third-order valence-electron chi connectivity index (χ3n) is 3.68. The largest absolute Gasteiger partial charge is 0.416 e. The Bertz CT molecular complexity index is 528. The molecule has 1 atom stereocenters. The van der Waals surface area contributed by atoms with Crippen molar-refractivity contribution in [3.8, 4) is 0 Å². The van der Waals surface area contributed by atoms with Gasteiger partial charge in [0.05, 0.1) is 11.6 Å². The molecule has 6 heteroatoms. The van der Waals surface area contributed by atoms with Gasteiger partial charge < -0.3 is 10.2 Å². The van der Waals surface area contributed by atoms with Gasteiger partial charge in [0.2, 0.25) is 5.91 Å². The van der Waals surface area contributed by atoms with Gasteiger partial charge in [-0.15, -0.1) is 0 Å². The van der Waals surface area contributed by atoms with Crippen molar-refractivity contribution in [2.24, 2.45) is 0 Å². The predicted molar refractivity (Wildman–Crippen MR) is 75.2 cm³/mol. The fourth-order valence-corrected chi connectivity index (χ4v) is 2.53. The highest BCUT2D eigenvalue weighted by Crippen LogP contribution is 2.35. The third kappa shape index (κ3) is 3.37. The Hall–Kier alpha value is -1.56. The normalized spacial score (nSPS) is 19.4. The van der Waals surface area contributed by atoms with Crippen LogP contribution in [0.2, 0.25) is 0 Å². The molecule has 1 heterocycles. The second-order valence-electron chi connectivity index (χ2n) is 5.28. The fourth-order valence-electron chi connectivity index (χ4n) is 2.53. The monoisotopic (exact) mass is 300 g/mol. The lowest BCUT2D eigenvalue weighted by Gasteiger charge is -2.20. The Morgan fingerprint density at radius 3 is 2.71 bits per heavy atom. The van der Waals surface area contributed by atoms with E-state index < -0.39 is 11.7 Å². The van der Waals surface area contributed by atoms with Crippen LogP contribution in [0.1, 0.15) is 30.9 Å². The van der Waals surface area contributed by atoms with Crippen molar-refractivity contribution in [1.82, 2.24) is 5.32 Å². The van der Waals surface area contributed by atoms with E-state index in [0.717, 1.165) is 19.0 Å². The first-order chi connectivity index (χ1) is 9.84. The first-order valence-corrected chi connectivity index (χ1v) is 7.07. The van der Waals surface area contributed by atoms with Crippen LogP contribution >= 0.6 is 0 Å². The highest BCUT2D eigenvalue weighted by molar-refractivity contribution is 5.99. The Morgan fingerprint density at radius 1 is 1.38 bits per heavy atom. The summed E-state index contributed by atoms with van der Waals surface area (Å²) in [5.74, 6) is -0.152. The molecule has 3 nitrogen and oxygen atoms in total. The van der Waals surface area contributed by atoms with E-state index in [4.69, 9.17) is 0 Å². The number of amides is 1. The van der Waals surface area contributed by atoms with Gasteiger partial charge in [-0.25, -0.2) is 0 Å². The van der Waals surface area contributed by atoms with E-state index in [2.05, 4.69) is 5.32 Å². The standard InChI is InChI=1S/C15H19F3N2O/c1-3-7-19-13-6-8-20(14(13)21)11-5-4-10(2)12(9-11)15(16,17)18/h4-5,9,13,19H,3,6-8H2,1-2H3. The summed E-state index contributed by atoms with van der Waals surface area (Å²) >= 11 is 0. The SMILES string of the molecule is CCCNC1CCN(c2ccc(C)c(C(F)(F)F)c2)C1=O. The number of anilines is 1. The molecule has 1 amide bonds. The Balaban J connectivity index is 2.22. The van der Waals surface area contributed by atoms with Gasteiger partial charge in [0.25, 0.3) is 0 Å². The van der Waals surface area contributed by atoms with Crippen LogP contribution in [0, 0.1) is 6.92 Å². The molecule has 0 spiro atoms. The predicted octanol–water partition coefficient (Wildman–Crippen LogP) is 3.12. The summed E-state index contributed by atoms with van der Waals surface area (Å²) < 4.78 is 38.8. The zero-order chi connectivity index (χ0) is 15.6. The summed E-state index contributed by atoms with van der Waals surface area (Å²) in [6.45, 7) is 4.59. The van der Waals surface area contributed by atoms with Crippen LogP contribution < -0.4 is 10.2 Å². The zero-order valence-corrected chi connectivity index (χ0v) is 12.1. The van der Waals surface area contributed by atoms with Crippen LogP contribution in [0.5, 0.6) is 0 Å². The highest BCUT2D eigenvalue weighted by Gasteiger charge is 2.36. The number of rotatable bonds is 4. The number of halogens is 3. The van der Waals surface area contributed by atoms with Crippen LogP contribution in [-0.4, -0.2) is 25.0 Å². The van der Waals surface area contributed by atoms with Crippen LogP contribution in [-0.2, 0) is 11.0 Å². The van der Waals surface area contributed by atoms with E-state index in [1.165, 1.54) is 17.9 Å². The molecule has 1 saturated heterocycles. The Labute approximate surface area is 122 Å². The summed E-state index contributed by atoms with van der Waals surface area (Å²) in [6, 6.07) is 3.76. The number of nitrogens with zero attached hydrogens (tertiary/aromatic N) is 1. The minimum Gasteiger partial charge on any atom is -0.311 e. The number of carbonyl (C=O) groups excluding carboxylic acids is 1. The van der Waals surface area contributed by atoms with Crippen molar-refractivity contribution < 1.29 is 18.0 Å². The van der Waals surface area contributed by atoms with E-state index in [1.54, 1.807) is 6.07 Å². The maximum atomic E-state index is 12.9. The van der Waals surface area contributed by atoms with Crippen molar-refractivity contribution in [2.45, 2.75) is 38.9 Å². The number of hydrogen-bond acceptors (Lipinski definition) is 2. The molecule has 1 aromatic rings. The van der Waals surface area contributed by atoms with E-state index in [1.807, 2.05) is 6.92 Å². The van der Waals surface area contributed by atoms with Crippen molar-refractivity contribution >= 4 is 11.6 Å². The molecule has 0 saturated carbocycles. The van der Waals surface area contributed by atoms with Crippen LogP contribution in [0.25, 0.3) is 0 Å². The van der Waals surface area contributed by atoms with Gasteiger partial charge in [0.15, 0.2) is 0 Å². The molecule has 1 aliphatic rings. The molecule has 116 valence electrons.